The Morgan fingerprint density at radius 3 is 3.00 bits per heavy atom. The Morgan fingerprint density at radius 1 is 1.40 bits per heavy atom. The molecule has 0 heterocycles. The smallest absolute Gasteiger partial charge is 0.120 e. The summed E-state index contributed by atoms with van der Waals surface area (Å²) in [6.45, 7) is 0.800. The number of hydrogen-bond donors (Lipinski definition) is 1. The Labute approximate surface area is 93.7 Å². The summed E-state index contributed by atoms with van der Waals surface area (Å²) in [4.78, 5) is 0. The molecule has 0 aliphatic carbocycles. The predicted molar refractivity (Wildman–Crippen MR) is 61.1 cm³/mol. The number of benzene rings is 1. The Balaban J connectivity index is 2.28. The normalized spacial score (nSPS) is 9.60. The Morgan fingerprint density at radius 2 is 2.27 bits per heavy atom. The lowest BCUT2D eigenvalue weighted by molar-refractivity contribution is 0.321. The maximum absolute atomic E-state index is 8.67. The zero-order chi connectivity index (χ0) is 10.9. The molecule has 4 heteroatoms. The number of hydrogen-bond acceptors (Lipinski definition) is 4. The van der Waals surface area contributed by atoms with E-state index in [0.717, 1.165) is 17.3 Å². The van der Waals surface area contributed by atoms with Crippen molar-refractivity contribution in [3.8, 4) is 11.8 Å². The van der Waals surface area contributed by atoms with Crippen LogP contribution in [0, 0.1) is 11.3 Å². The van der Waals surface area contributed by atoms with Crippen LogP contribution in [-0.4, -0.2) is 29.8 Å². The van der Waals surface area contributed by atoms with Gasteiger partial charge in [-0.15, -0.1) is 0 Å². The van der Waals surface area contributed by atoms with Crippen LogP contribution in [0.1, 0.15) is 5.56 Å². The SMILES string of the molecule is N#Cc1cccc(OCCSCCO)c1. The Hall–Kier alpha value is -1.18. The second-order valence-electron chi connectivity index (χ2n) is 2.82. The Bertz CT molecular complexity index is 336. The number of nitrogens with zero attached hydrogens (tertiary/aromatic N) is 1. The molecule has 1 rings (SSSR count). The van der Waals surface area contributed by atoms with E-state index in [1.54, 1.807) is 30.0 Å². The van der Waals surface area contributed by atoms with Crippen molar-refractivity contribution in [2.75, 3.05) is 24.7 Å². The summed E-state index contributed by atoms with van der Waals surface area (Å²) >= 11 is 1.64. The first-order valence-electron chi connectivity index (χ1n) is 4.68. The first-order valence-corrected chi connectivity index (χ1v) is 5.84. The van der Waals surface area contributed by atoms with Crippen molar-refractivity contribution < 1.29 is 9.84 Å². The van der Waals surface area contributed by atoms with Crippen molar-refractivity contribution in [2.45, 2.75) is 0 Å². The lowest BCUT2D eigenvalue weighted by atomic mass is 10.2. The highest BCUT2D eigenvalue weighted by Crippen LogP contribution is 2.12. The average Bonchev–Trinajstić information content (AvgIpc) is 2.29. The van der Waals surface area contributed by atoms with Crippen LogP contribution in [-0.2, 0) is 0 Å². The van der Waals surface area contributed by atoms with Crippen molar-refractivity contribution in [3.05, 3.63) is 29.8 Å². The summed E-state index contributed by atoms with van der Waals surface area (Å²) in [6, 6.07) is 9.15. The van der Waals surface area contributed by atoms with Gasteiger partial charge in [-0.1, -0.05) is 6.07 Å². The van der Waals surface area contributed by atoms with E-state index in [9.17, 15) is 0 Å². The van der Waals surface area contributed by atoms with Crippen molar-refractivity contribution in [3.63, 3.8) is 0 Å². The third-order valence-corrected chi connectivity index (χ3v) is 2.62. The van der Waals surface area contributed by atoms with Crippen molar-refractivity contribution in [1.82, 2.24) is 0 Å². The number of aliphatic hydroxyl groups excluding tert-OH is 1. The molecule has 0 unspecified atom stereocenters. The fraction of sp³-hybridized carbons (Fsp3) is 0.364. The maximum atomic E-state index is 8.67. The van der Waals surface area contributed by atoms with E-state index in [2.05, 4.69) is 6.07 Å². The monoisotopic (exact) mass is 223 g/mol. The van der Waals surface area contributed by atoms with E-state index in [-0.39, 0.29) is 6.61 Å². The van der Waals surface area contributed by atoms with Gasteiger partial charge in [-0.05, 0) is 18.2 Å². The van der Waals surface area contributed by atoms with Gasteiger partial charge in [0.15, 0.2) is 0 Å². The lowest BCUT2D eigenvalue weighted by Crippen LogP contribution is -2.01. The summed E-state index contributed by atoms with van der Waals surface area (Å²) in [5.74, 6) is 2.30. The molecule has 0 atom stereocenters. The topological polar surface area (TPSA) is 53.2 Å². The highest BCUT2D eigenvalue weighted by molar-refractivity contribution is 7.99. The maximum Gasteiger partial charge on any atom is 0.120 e. The van der Waals surface area contributed by atoms with Gasteiger partial charge in [-0.3, -0.25) is 0 Å². The van der Waals surface area contributed by atoms with Crippen LogP contribution < -0.4 is 4.74 Å². The molecule has 0 bridgehead atoms. The summed E-state index contributed by atoms with van der Waals surface area (Å²) in [6.07, 6.45) is 0. The van der Waals surface area contributed by atoms with E-state index in [0.29, 0.717) is 12.2 Å². The molecule has 1 aromatic rings. The van der Waals surface area contributed by atoms with Crippen LogP contribution in [0.4, 0.5) is 0 Å². The fourth-order valence-electron chi connectivity index (χ4n) is 1.04. The van der Waals surface area contributed by atoms with Gasteiger partial charge in [0.1, 0.15) is 5.75 Å². The van der Waals surface area contributed by atoms with Gasteiger partial charge in [0.2, 0.25) is 0 Å². The zero-order valence-electron chi connectivity index (χ0n) is 8.35. The van der Waals surface area contributed by atoms with Crippen molar-refractivity contribution >= 4 is 11.8 Å². The second-order valence-corrected chi connectivity index (χ2v) is 4.05. The van der Waals surface area contributed by atoms with Crippen LogP contribution in [0.3, 0.4) is 0 Å². The third-order valence-electron chi connectivity index (χ3n) is 1.70. The molecule has 1 N–H and O–H groups in total. The van der Waals surface area contributed by atoms with Crippen LogP contribution in [0.15, 0.2) is 24.3 Å². The van der Waals surface area contributed by atoms with E-state index in [1.165, 1.54) is 0 Å². The van der Waals surface area contributed by atoms with Crippen LogP contribution >= 0.6 is 11.8 Å². The molecular weight excluding hydrogens is 210 g/mol. The largest absolute Gasteiger partial charge is 0.493 e. The fourth-order valence-corrected chi connectivity index (χ4v) is 1.57. The second kappa shape index (κ2) is 7.16. The third kappa shape index (κ3) is 4.73. The molecule has 0 spiro atoms. The minimum Gasteiger partial charge on any atom is -0.493 e. The van der Waals surface area contributed by atoms with Gasteiger partial charge in [-0.2, -0.15) is 17.0 Å². The number of ether oxygens (including phenoxy) is 1. The number of rotatable bonds is 6. The number of aliphatic hydroxyl groups is 1. The molecular formula is C11H13NO2S. The predicted octanol–water partition coefficient (Wildman–Crippen LogP) is 1.66. The molecule has 0 aromatic heterocycles. The zero-order valence-corrected chi connectivity index (χ0v) is 9.17. The lowest BCUT2D eigenvalue weighted by Gasteiger charge is -2.05. The average molecular weight is 223 g/mol. The van der Waals surface area contributed by atoms with Gasteiger partial charge in [-0.25, -0.2) is 0 Å². The quantitative estimate of drug-likeness (QED) is 0.745. The van der Waals surface area contributed by atoms with Gasteiger partial charge >= 0.3 is 0 Å². The standard InChI is InChI=1S/C11H13NO2S/c12-9-10-2-1-3-11(8-10)14-5-7-15-6-4-13/h1-3,8,13H,4-7H2. The highest BCUT2D eigenvalue weighted by Gasteiger charge is 1.95. The van der Waals surface area contributed by atoms with Crippen molar-refractivity contribution in [2.24, 2.45) is 0 Å². The van der Waals surface area contributed by atoms with E-state index in [4.69, 9.17) is 15.1 Å². The highest BCUT2D eigenvalue weighted by atomic mass is 32.2. The number of nitriles is 1. The minimum atomic E-state index is 0.203. The first-order chi connectivity index (χ1) is 7.36. The van der Waals surface area contributed by atoms with E-state index in [1.807, 2.05) is 6.07 Å². The van der Waals surface area contributed by atoms with Gasteiger partial charge in [0, 0.05) is 11.5 Å². The van der Waals surface area contributed by atoms with E-state index < -0.39 is 0 Å². The van der Waals surface area contributed by atoms with Gasteiger partial charge in [0.25, 0.3) is 0 Å². The number of thioether (sulfide) groups is 1. The molecule has 1 aromatic carbocycles. The molecule has 0 radical (unpaired) electrons. The van der Waals surface area contributed by atoms with Gasteiger partial charge < -0.3 is 9.84 Å². The molecule has 0 aliphatic heterocycles. The molecule has 0 saturated carbocycles. The summed E-state index contributed by atoms with van der Waals surface area (Å²) in [5, 5.41) is 17.2. The minimum absolute atomic E-state index is 0.203. The molecule has 3 nitrogen and oxygen atoms in total. The first kappa shape index (κ1) is 11.9. The summed E-state index contributed by atoms with van der Waals surface area (Å²) < 4.78 is 5.44. The molecule has 80 valence electrons. The molecule has 0 fully saturated rings. The van der Waals surface area contributed by atoms with Gasteiger partial charge in [0.05, 0.1) is 24.8 Å². The van der Waals surface area contributed by atoms with Crippen LogP contribution in [0.2, 0.25) is 0 Å². The molecule has 0 saturated heterocycles. The Kier molecular flexibility index (Phi) is 5.67. The molecule has 0 amide bonds. The summed E-state index contributed by atoms with van der Waals surface area (Å²) in [7, 11) is 0. The van der Waals surface area contributed by atoms with E-state index >= 15 is 0 Å². The summed E-state index contributed by atoms with van der Waals surface area (Å²) in [5.41, 5.74) is 0.607. The van der Waals surface area contributed by atoms with Crippen LogP contribution in [0.25, 0.3) is 0 Å². The molecule has 0 aliphatic rings. The van der Waals surface area contributed by atoms with Crippen molar-refractivity contribution in [1.29, 1.82) is 5.26 Å². The van der Waals surface area contributed by atoms with Crippen LogP contribution in [0.5, 0.6) is 5.75 Å². The molecule has 15 heavy (non-hydrogen) atoms.